The molecule has 11 nitrogen and oxygen atoms in total. The number of hydrogen-bond donors (Lipinski definition) is 4. The van der Waals surface area contributed by atoms with Gasteiger partial charge in [0.15, 0.2) is 11.5 Å². The van der Waals surface area contributed by atoms with Crippen LogP contribution < -0.4 is 24.2 Å². The Balaban J connectivity index is 1.97. The van der Waals surface area contributed by atoms with Crippen LogP contribution in [0, 0.1) is 11.3 Å². The van der Waals surface area contributed by atoms with E-state index >= 15 is 0 Å². The van der Waals surface area contributed by atoms with E-state index < -0.39 is 16.3 Å². The first kappa shape index (κ1) is 23.0. The molecule has 1 amide bonds. The molecule has 0 bridgehead atoms. The van der Waals surface area contributed by atoms with Gasteiger partial charge in [0, 0.05) is 30.7 Å². The monoisotopic (exact) mass is 437 g/mol. The van der Waals surface area contributed by atoms with E-state index in [-0.39, 0.29) is 6.54 Å². The van der Waals surface area contributed by atoms with E-state index in [1.165, 1.54) is 25.1 Å². The summed E-state index contributed by atoms with van der Waals surface area (Å²) in [6, 6.07) is 5.61. The van der Waals surface area contributed by atoms with E-state index in [2.05, 4.69) is 21.1 Å². The second kappa shape index (κ2) is 10.5. The standard InChI is InChI=1S/C18H23N5O6S/c1-28-15-8-13-14(9-16(15)29-2)21-11-12(10-19)17(13)20-6-4-3-5-7-22-30(26,27)23-18(24)25/h8-9,11,22-23H,3-7H2,1-2H3,(H,20,21)(H,24,25). The second-order valence-electron chi connectivity index (χ2n) is 6.18. The molecule has 0 radical (unpaired) electrons. The lowest BCUT2D eigenvalue weighted by Crippen LogP contribution is -2.39. The van der Waals surface area contributed by atoms with Crippen LogP contribution in [0.25, 0.3) is 10.9 Å². The van der Waals surface area contributed by atoms with E-state index in [0.29, 0.717) is 54.1 Å². The Bertz CT molecular complexity index is 1050. The van der Waals surface area contributed by atoms with E-state index in [1.807, 2.05) is 0 Å². The number of nitrogens with one attached hydrogen (secondary N) is 3. The van der Waals surface area contributed by atoms with Crippen LogP contribution in [0.5, 0.6) is 11.5 Å². The van der Waals surface area contributed by atoms with Gasteiger partial charge < -0.3 is 19.9 Å². The van der Waals surface area contributed by atoms with Crippen LogP contribution >= 0.6 is 0 Å². The Morgan fingerprint density at radius 3 is 2.47 bits per heavy atom. The van der Waals surface area contributed by atoms with Gasteiger partial charge in [0.2, 0.25) is 0 Å². The van der Waals surface area contributed by atoms with Crippen molar-refractivity contribution in [2.24, 2.45) is 0 Å². The summed E-state index contributed by atoms with van der Waals surface area (Å²) in [6.07, 6.45) is 1.76. The summed E-state index contributed by atoms with van der Waals surface area (Å²) in [5, 5.41) is 21.8. The van der Waals surface area contributed by atoms with Crippen molar-refractivity contribution < 1.29 is 27.8 Å². The highest BCUT2D eigenvalue weighted by atomic mass is 32.2. The molecular formula is C18H23N5O6S. The largest absolute Gasteiger partial charge is 0.493 e. The first-order valence-corrected chi connectivity index (χ1v) is 10.5. The number of ether oxygens (including phenoxy) is 2. The lowest BCUT2D eigenvalue weighted by Gasteiger charge is -2.14. The number of carbonyl (C=O) groups is 1. The average molecular weight is 437 g/mol. The summed E-state index contributed by atoms with van der Waals surface area (Å²) in [5.74, 6) is 1.06. The number of aromatic nitrogens is 1. The maximum Gasteiger partial charge on any atom is 0.419 e. The Morgan fingerprint density at radius 2 is 1.83 bits per heavy atom. The molecule has 0 unspecified atom stereocenters. The highest BCUT2D eigenvalue weighted by molar-refractivity contribution is 7.88. The van der Waals surface area contributed by atoms with Gasteiger partial charge in [-0.25, -0.2) is 9.52 Å². The molecule has 1 aromatic heterocycles. The molecule has 0 saturated heterocycles. The fourth-order valence-electron chi connectivity index (χ4n) is 2.79. The van der Waals surface area contributed by atoms with Crippen LogP contribution in [0.2, 0.25) is 0 Å². The maximum absolute atomic E-state index is 11.3. The number of nitrogens with zero attached hydrogens (tertiary/aromatic N) is 2. The minimum absolute atomic E-state index is 0.112. The van der Waals surface area contributed by atoms with Gasteiger partial charge in [0.25, 0.3) is 0 Å². The molecule has 0 aliphatic carbocycles. The van der Waals surface area contributed by atoms with Crippen LogP contribution in [-0.4, -0.2) is 51.9 Å². The summed E-state index contributed by atoms with van der Waals surface area (Å²) in [5.41, 5.74) is 1.67. The molecule has 30 heavy (non-hydrogen) atoms. The predicted octanol–water partition coefficient (Wildman–Crippen LogP) is 1.81. The molecule has 2 aromatic rings. The lowest BCUT2D eigenvalue weighted by molar-refractivity contribution is 0.201. The van der Waals surface area contributed by atoms with Gasteiger partial charge in [0.05, 0.1) is 31.0 Å². The third kappa shape index (κ3) is 6.10. The lowest BCUT2D eigenvalue weighted by atomic mass is 10.1. The van der Waals surface area contributed by atoms with Gasteiger partial charge in [-0.2, -0.15) is 18.4 Å². The van der Waals surface area contributed by atoms with Crippen molar-refractivity contribution in [2.45, 2.75) is 19.3 Å². The Morgan fingerprint density at radius 1 is 1.17 bits per heavy atom. The molecular weight excluding hydrogens is 414 g/mol. The second-order valence-corrected chi connectivity index (χ2v) is 7.68. The zero-order chi connectivity index (χ0) is 22.1. The molecule has 0 aliphatic rings. The number of rotatable bonds is 11. The Hall–Kier alpha value is -3.30. The molecule has 1 aromatic carbocycles. The fourth-order valence-corrected chi connectivity index (χ4v) is 3.51. The molecule has 0 fully saturated rings. The van der Waals surface area contributed by atoms with Crippen molar-refractivity contribution in [3.63, 3.8) is 0 Å². The average Bonchev–Trinajstić information content (AvgIpc) is 2.70. The number of nitriles is 1. The van der Waals surface area contributed by atoms with Crippen LogP contribution in [0.4, 0.5) is 10.5 Å². The van der Waals surface area contributed by atoms with Crippen LogP contribution in [-0.2, 0) is 10.2 Å². The third-order valence-corrected chi connectivity index (χ3v) is 5.19. The van der Waals surface area contributed by atoms with Crippen molar-refractivity contribution in [1.29, 1.82) is 5.26 Å². The van der Waals surface area contributed by atoms with Crippen molar-refractivity contribution in [3.8, 4) is 17.6 Å². The summed E-state index contributed by atoms with van der Waals surface area (Å²) < 4.78 is 36.8. The molecule has 0 aliphatic heterocycles. The number of hydrogen-bond acceptors (Lipinski definition) is 8. The number of fused-ring (bicyclic) bond motifs is 1. The van der Waals surface area contributed by atoms with E-state index in [9.17, 15) is 18.5 Å². The third-order valence-electron chi connectivity index (χ3n) is 4.16. The van der Waals surface area contributed by atoms with Crippen molar-refractivity contribution in [3.05, 3.63) is 23.9 Å². The highest BCUT2D eigenvalue weighted by Gasteiger charge is 2.14. The number of benzene rings is 1. The fraction of sp³-hybridized carbons (Fsp3) is 0.389. The van der Waals surface area contributed by atoms with Crippen molar-refractivity contribution in [1.82, 2.24) is 14.4 Å². The summed E-state index contributed by atoms with van der Waals surface area (Å²) in [7, 11) is -0.984. The number of carboxylic acid groups (broad SMARTS) is 1. The summed E-state index contributed by atoms with van der Waals surface area (Å²) in [4.78, 5) is 14.7. The minimum atomic E-state index is -4.04. The summed E-state index contributed by atoms with van der Waals surface area (Å²) in [6.45, 7) is 0.656. The number of methoxy groups -OCH3 is 2. The van der Waals surface area contributed by atoms with Crippen LogP contribution in [0.3, 0.4) is 0 Å². The topological polar surface area (TPSA) is 163 Å². The van der Waals surface area contributed by atoms with Crippen molar-refractivity contribution >= 4 is 32.9 Å². The minimum Gasteiger partial charge on any atom is -0.493 e. The Kier molecular flexibility index (Phi) is 8.02. The van der Waals surface area contributed by atoms with E-state index in [4.69, 9.17) is 14.6 Å². The van der Waals surface area contributed by atoms with Crippen molar-refractivity contribution in [2.75, 3.05) is 32.6 Å². The van der Waals surface area contributed by atoms with Crippen LogP contribution in [0.15, 0.2) is 18.3 Å². The zero-order valence-electron chi connectivity index (χ0n) is 16.6. The van der Waals surface area contributed by atoms with Gasteiger partial charge in [-0.1, -0.05) is 6.42 Å². The van der Waals surface area contributed by atoms with Gasteiger partial charge in [-0.3, -0.25) is 4.98 Å². The molecule has 4 N–H and O–H groups in total. The van der Waals surface area contributed by atoms with E-state index in [0.717, 1.165) is 5.39 Å². The van der Waals surface area contributed by atoms with Gasteiger partial charge in [-0.15, -0.1) is 0 Å². The van der Waals surface area contributed by atoms with Gasteiger partial charge in [0.1, 0.15) is 6.07 Å². The number of anilines is 1. The zero-order valence-corrected chi connectivity index (χ0v) is 17.4. The first-order valence-electron chi connectivity index (χ1n) is 9.00. The number of amides is 1. The van der Waals surface area contributed by atoms with Crippen LogP contribution in [0.1, 0.15) is 24.8 Å². The highest BCUT2D eigenvalue weighted by Crippen LogP contribution is 2.35. The molecule has 162 valence electrons. The number of pyridine rings is 1. The smallest absolute Gasteiger partial charge is 0.419 e. The molecule has 1 heterocycles. The molecule has 2 rings (SSSR count). The van der Waals surface area contributed by atoms with E-state index in [1.54, 1.807) is 12.1 Å². The molecule has 0 spiro atoms. The first-order chi connectivity index (χ1) is 14.3. The predicted molar refractivity (Wildman–Crippen MR) is 110 cm³/mol. The molecule has 0 saturated carbocycles. The Labute approximate surface area is 174 Å². The normalized spacial score (nSPS) is 11.0. The maximum atomic E-state index is 11.3. The molecule has 0 atom stereocenters. The quantitative estimate of drug-likeness (QED) is 0.384. The van der Waals surface area contributed by atoms with Gasteiger partial charge in [-0.05, 0) is 18.9 Å². The van der Waals surface area contributed by atoms with Gasteiger partial charge >= 0.3 is 16.3 Å². The SMILES string of the molecule is COc1cc2ncc(C#N)c(NCCCCCNS(=O)(=O)NC(=O)O)c2cc1OC. The number of unbranched alkanes of at least 4 members (excludes halogenated alkanes) is 2. The summed E-state index contributed by atoms with van der Waals surface area (Å²) >= 11 is 0. The molecule has 12 heteroatoms.